The Hall–Kier alpha value is -3.26. The number of carboxylic acids is 1. The Kier molecular flexibility index (Phi) is 6.04. The van der Waals surface area contributed by atoms with Crippen LogP contribution in [0.1, 0.15) is 40.8 Å². The molecule has 0 aliphatic carbocycles. The average molecular weight is 423 g/mol. The number of pyridine rings is 1. The van der Waals surface area contributed by atoms with Gasteiger partial charge < -0.3 is 14.7 Å². The fourth-order valence-electron chi connectivity index (χ4n) is 3.49. The number of para-hydroxylation sites is 1. The number of carbonyl (C=O) groups excluding carboxylic acids is 1. The summed E-state index contributed by atoms with van der Waals surface area (Å²) in [7, 11) is 0. The fraction of sp³-hybridized carbons (Fsp3) is 0.273. The second kappa shape index (κ2) is 9.04. The first-order chi connectivity index (χ1) is 14.6. The van der Waals surface area contributed by atoms with E-state index in [0.29, 0.717) is 23.7 Å². The molecule has 1 fully saturated rings. The smallest absolute Gasteiger partial charge is 0.354 e. The van der Waals surface area contributed by atoms with Crippen molar-refractivity contribution in [3.63, 3.8) is 0 Å². The van der Waals surface area contributed by atoms with Crippen molar-refractivity contribution in [2.45, 2.75) is 25.3 Å². The van der Waals surface area contributed by atoms with E-state index in [9.17, 15) is 9.59 Å². The number of carboxylic acid groups (broad SMARTS) is 1. The standard InChI is InChI=1S/C22H21N3O4S/c26-20(13-29-15-7-2-1-3-8-15)25-12-5-4-11-19(25)21-24-18(14-30-21)16-9-6-10-17(23-16)22(27)28/h1-3,6-10,14,19H,4-5,11-13H2,(H,27,28)/t19-/m1/s1. The minimum absolute atomic E-state index is 0.0129. The summed E-state index contributed by atoms with van der Waals surface area (Å²) in [5.74, 6) is -0.471. The number of hydrogen-bond acceptors (Lipinski definition) is 6. The lowest BCUT2D eigenvalue weighted by Gasteiger charge is -2.34. The van der Waals surface area contributed by atoms with Crippen LogP contribution in [0.2, 0.25) is 0 Å². The van der Waals surface area contributed by atoms with Crippen LogP contribution in [-0.4, -0.2) is 45.0 Å². The summed E-state index contributed by atoms with van der Waals surface area (Å²) >= 11 is 1.47. The summed E-state index contributed by atoms with van der Waals surface area (Å²) in [5, 5.41) is 11.9. The Balaban J connectivity index is 1.50. The third-order valence-electron chi connectivity index (χ3n) is 4.97. The van der Waals surface area contributed by atoms with E-state index in [4.69, 9.17) is 9.84 Å². The van der Waals surface area contributed by atoms with Crippen molar-refractivity contribution in [3.8, 4) is 17.1 Å². The van der Waals surface area contributed by atoms with Crippen LogP contribution in [0.25, 0.3) is 11.4 Å². The van der Waals surface area contributed by atoms with Gasteiger partial charge in [-0.15, -0.1) is 11.3 Å². The quantitative estimate of drug-likeness (QED) is 0.643. The Morgan fingerprint density at radius 2 is 1.90 bits per heavy atom. The predicted molar refractivity (Wildman–Crippen MR) is 113 cm³/mol. The first-order valence-electron chi connectivity index (χ1n) is 9.75. The Morgan fingerprint density at radius 1 is 1.07 bits per heavy atom. The van der Waals surface area contributed by atoms with Gasteiger partial charge in [-0.1, -0.05) is 24.3 Å². The average Bonchev–Trinajstić information content (AvgIpc) is 3.28. The van der Waals surface area contributed by atoms with Gasteiger partial charge in [-0.2, -0.15) is 0 Å². The Bertz CT molecular complexity index is 1040. The van der Waals surface area contributed by atoms with E-state index < -0.39 is 5.97 Å². The number of ether oxygens (including phenoxy) is 1. The predicted octanol–water partition coefficient (Wildman–Crippen LogP) is 4.04. The number of carbonyl (C=O) groups is 2. The molecule has 4 rings (SSSR count). The van der Waals surface area contributed by atoms with Crippen molar-refractivity contribution in [1.82, 2.24) is 14.9 Å². The van der Waals surface area contributed by atoms with Crippen molar-refractivity contribution in [1.29, 1.82) is 0 Å². The molecule has 1 amide bonds. The number of rotatable bonds is 6. The summed E-state index contributed by atoms with van der Waals surface area (Å²) < 4.78 is 5.64. The molecule has 3 aromatic rings. The molecule has 8 heteroatoms. The molecule has 154 valence electrons. The molecule has 1 N–H and O–H groups in total. The lowest BCUT2D eigenvalue weighted by molar-refractivity contribution is -0.137. The monoisotopic (exact) mass is 423 g/mol. The molecular weight excluding hydrogens is 402 g/mol. The van der Waals surface area contributed by atoms with Gasteiger partial charge in [-0.05, 0) is 43.5 Å². The van der Waals surface area contributed by atoms with E-state index in [1.807, 2.05) is 40.6 Å². The van der Waals surface area contributed by atoms with E-state index in [0.717, 1.165) is 24.3 Å². The molecule has 1 aliphatic heterocycles. The van der Waals surface area contributed by atoms with Gasteiger partial charge in [0.1, 0.15) is 16.5 Å². The largest absolute Gasteiger partial charge is 0.484 e. The van der Waals surface area contributed by atoms with Crippen LogP contribution in [-0.2, 0) is 4.79 Å². The molecule has 30 heavy (non-hydrogen) atoms. The topological polar surface area (TPSA) is 92.6 Å². The third-order valence-corrected chi connectivity index (χ3v) is 5.91. The molecule has 2 aromatic heterocycles. The number of piperidine rings is 1. The highest BCUT2D eigenvalue weighted by molar-refractivity contribution is 7.10. The van der Waals surface area contributed by atoms with Gasteiger partial charge in [0.25, 0.3) is 5.91 Å². The van der Waals surface area contributed by atoms with E-state index in [-0.39, 0.29) is 24.2 Å². The first-order valence-corrected chi connectivity index (χ1v) is 10.6. The van der Waals surface area contributed by atoms with Crippen LogP contribution < -0.4 is 4.74 Å². The maximum absolute atomic E-state index is 12.9. The van der Waals surface area contributed by atoms with Crippen molar-refractivity contribution in [2.75, 3.05) is 13.2 Å². The van der Waals surface area contributed by atoms with Gasteiger partial charge >= 0.3 is 5.97 Å². The molecule has 1 aromatic carbocycles. The van der Waals surface area contributed by atoms with Gasteiger partial charge in [-0.25, -0.2) is 14.8 Å². The normalized spacial score (nSPS) is 16.3. The molecule has 1 atom stereocenters. The molecule has 0 radical (unpaired) electrons. The summed E-state index contributed by atoms with van der Waals surface area (Å²) in [6, 6.07) is 14.0. The second-order valence-corrected chi connectivity index (χ2v) is 7.87. The lowest BCUT2D eigenvalue weighted by Crippen LogP contribution is -2.41. The van der Waals surface area contributed by atoms with Crippen molar-refractivity contribution in [3.05, 3.63) is 64.6 Å². The second-order valence-electron chi connectivity index (χ2n) is 6.98. The van der Waals surface area contributed by atoms with E-state index in [1.54, 1.807) is 12.1 Å². The zero-order valence-corrected chi connectivity index (χ0v) is 17.0. The number of hydrogen-bond donors (Lipinski definition) is 1. The highest BCUT2D eigenvalue weighted by Gasteiger charge is 2.30. The number of thiazole rings is 1. The van der Waals surface area contributed by atoms with Gasteiger partial charge in [0.05, 0.1) is 17.4 Å². The molecule has 1 saturated heterocycles. The van der Waals surface area contributed by atoms with Crippen LogP contribution in [0.3, 0.4) is 0 Å². The van der Waals surface area contributed by atoms with Gasteiger partial charge in [-0.3, -0.25) is 4.79 Å². The molecule has 7 nitrogen and oxygen atoms in total. The SMILES string of the molecule is O=C(O)c1cccc(-c2csc([C@H]3CCCCN3C(=O)COc3ccccc3)n2)n1. The van der Waals surface area contributed by atoms with Gasteiger partial charge in [0.2, 0.25) is 0 Å². The fourth-order valence-corrected chi connectivity index (χ4v) is 4.45. The van der Waals surface area contributed by atoms with E-state index in [2.05, 4.69) is 9.97 Å². The van der Waals surface area contributed by atoms with Crippen molar-refractivity contribution >= 4 is 23.2 Å². The number of nitrogens with zero attached hydrogens (tertiary/aromatic N) is 3. The van der Waals surface area contributed by atoms with Gasteiger partial charge in [0, 0.05) is 11.9 Å². The van der Waals surface area contributed by atoms with Crippen LogP contribution in [0.15, 0.2) is 53.9 Å². The molecule has 0 spiro atoms. The van der Waals surface area contributed by atoms with Crippen molar-refractivity contribution in [2.24, 2.45) is 0 Å². The maximum Gasteiger partial charge on any atom is 0.354 e. The Morgan fingerprint density at radius 3 is 2.70 bits per heavy atom. The number of benzene rings is 1. The number of aromatic nitrogens is 2. The van der Waals surface area contributed by atoms with Crippen LogP contribution in [0, 0.1) is 0 Å². The molecular formula is C22H21N3O4S. The van der Waals surface area contributed by atoms with Crippen LogP contribution in [0.4, 0.5) is 0 Å². The molecule has 1 aliphatic rings. The minimum Gasteiger partial charge on any atom is -0.484 e. The van der Waals surface area contributed by atoms with Crippen LogP contribution >= 0.6 is 11.3 Å². The summed E-state index contributed by atoms with van der Waals surface area (Å²) in [5.41, 5.74) is 1.12. The highest BCUT2D eigenvalue weighted by atomic mass is 32.1. The number of amides is 1. The Labute approximate surface area is 178 Å². The van der Waals surface area contributed by atoms with Crippen LogP contribution in [0.5, 0.6) is 5.75 Å². The molecule has 3 heterocycles. The third kappa shape index (κ3) is 4.49. The molecule has 0 unspecified atom stereocenters. The van der Waals surface area contributed by atoms with Gasteiger partial charge in [0.15, 0.2) is 6.61 Å². The minimum atomic E-state index is -1.07. The van der Waals surface area contributed by atoms with E-state index >= 15 is 0 Å². The maximum atomic E-state index is 12.9. The highest BCUT2D eigenvalue weighted by Crippen LogP contribution is 2.34. The molecule has 0 bridgehead atoms. The zero-order valence-electron chi connectivity index (χ0n) is 16.2. The first kappa shape index (κ1) is 20.0. The molecule has 0 saturated carbocycles. The zero-order chi connectivity index (χ0) is 20.9. The van der Waals surface area contributed by atoms with E-state index in [1.165, 1.54) is 17.4 Å². The lowest BCUT2D eigenvalue weighted by atomic mass is 10.0. The summed E-state index contributed by atoms with van der Waals surface area (Å²) in [4.78, 5) is 34.7. The summed E-state index contributed by atoms with van der Waals surface area (Å²) in [6.45, 7) is 0.657. The van der Waals surface area contributed by atoms with Crippen molar-refractivity contribution < 1.29 is 19.4 Å². The number of likely N-dealkylation sites (tertiary alicyclic amines) is 1. The summed E-state index contributed by atoms with van der Waals surface area (Å²) in [6.07, 6.45) is 2.82. The number of aromatic carboxylic acids is 1.